The van der Waals surface area contributed by atoms with Crippen molar-refractivity contribution >= 4 is 22.3 Å². The number of methoxy groups -OCH3 is 1. The molecule has 0 amide bonds. The Balaban J connectivity index is 2.01. The van der Waals surface area contributed by atoms with Gasteiger partial charge >= 0.3 is 0 Å². The van der Waals surface area contributed by atoms with Gasteiger partial charge in [0.1, 0.15) is 17.0 Å². The van der Waals surface area contributed by atoms with Crippen LogP contribution < -0.4 is 4.74 Å². The zero-order chi connectivity index (χ0) is 14.7. The van der Waals surface area contributed by atoms with Crippen LogP contribution in [0.2, 0.25) is 0 Å². The fourth-order valence-electron chi connectivity index (χ4n) is 2.01. The molecule has 0 aliphatic heterocycles. The molecule has 0 saturated carbocycles. The summed E-state index contributed by atoms with van der Waals surface area (Å²) in [6, 6.07) is 14.3. The third-order valence-electron chi connectivity index (χ3n) is 3.05. The number of azo groups is 1. The molecule has 21 heavy (non-hydrogen) atoms. The predicted molar refractivity (Wildman–Crippen MR) is 80.6 cm³/mol. The minimum Gasteiger partial charge on any atom is -0.506 e. The van der Waals surface area contributed by atoms with Crippen molar-refractivity contribution in [2.45, 2.75) is 0 Å². The second-order valence-corrected chi connectivity index (χ2v) is 4.40. The molecule has 1 N–H and O–H groups in total. The molecule has 0 radical (unpaired) electrons. The summed E-state index contributed by atoms with van der Waals surface area (Å²) in [6.45, 7) is 0. The number of phenolic OH excluding ortho intramolecular Hbond substituents is 1. The van der Waals surface area contributed by atoms with Gasteiger partial charge in [-0.05, 0) is 36.4 Å². The van der Waals surface area contributed by atoms with Gasteiger partial charge in [-0.1, -0.05) is 6.07 Å². The lowest BCUT2D eigenvalue weighted by atomic mass is 10.2. The molecule has 0 bridgehead atoms. The van der Waals surface area contributed by atoms with Gasteiger partial charge in [0.2, 0.25) is 0 Å². The van der Waals surface area contributed by atoms with Crippen LogP contribution in [0.4, 0.5) is 11.4 Å². The van der Waals surface area contributed by atoms with E-state index in [0.717, 1.165) is 11.1 Å². The maximum Gasteiger partial charge on any atom is 0.141 e. The Morgan fingerprint density at radius 2 is 1.95 bits per heavy atom. The van der Waals surface area contributed by atoms with Crippen LogP contribution in [0.15, 0.2) is 65.0 Å². The first-order valence-corrected chi connectivity index (χ1v) is 6.40. The second kappa shape index (κ2) is 5.58. The first-order valence-electron chi connectivity index (χ1n) is 6.40. The quantitative estimate of drug-likeness (QED) is 0.724. The largest absolute Gasteiger partial charge is 0.506 e. The van der Waals surface area contributed by atoms with Crippen molar-refractivity contribution in [3.8, 4) is 11.5 Å². The number of nitrogens with zero attached hydrogens (tertiary/aromatic N) is 3. The predicted octanol–water partition coefficient (Wildman–Crippen LogP) is 4.36. The van der Waals surface area contributed by atoms with E-state index in [0.29, 0.717) is 16.9 Å². The SMILES string of the molecule is COc1cccc(N=Nc2ccc(O)c3ncccc23)c1. The summed E-state index contributed by atoms with van der Waals surface area (Å²) in [4.78, 5) is 4.15. The van der Waals surface area contributed by atoms with E-state index in [2.05, 4.69) is 15.2 Å². The van der Waals surface area contributed by atoms with Crippen LogP contribution in [0.1, 0.15) is 0 Å². The minimum absolute atomic E-state index is 0.130. The molecule has 0 unspecified atom stereocenters. The standard InChI is InChI=1S/C16H13N3O2/c1-21-12-5-2-4-11(10-12)18-19-14-7-8-15(20)16-13(14)6-3-9-17-16/h2-10,20H,1H3. The first kappa shape index (κ1) is 13.1. The zero-order valence-electron chi connectivity index (χ0n) is 11.4. The van der Waals surface area contributed by atoms with Crippen LogP contribution in [0.25, 0.3) is 10.9 Å². The maximum absolute atomic E-state index is 9.80. The fraction of sp³-hybridized carbons (Fsp3) is 0.0625. The summed E-state index contributed by atoms with van der Waals surface area (Å²) >= 11 is 0. The Hall–Kier alpha value is -2.95. The van der Waals surface area contributed by atoms with Gasteiger partial charge in [0.25, 0.3) is 0 Å². The van der Waals surface area contributed by atoms with Crippen LogP contribution in [0, 0.1) is 0 Å². The fourth-order valence-corrected chi connectivity index (χ4v) is 2.01. The van der Waals surface area contributed by atoms with E-state index in [4.69, 9.17) is 4.74 Å². The Kier molecular flexibility index (Phi) is 3.47. The molecule has 3 aromatic rings. The highest BCUT2D eigenvalue weighted by atomic mass is 16.5. The summed E-state index contributed by atoms with van der Waals surface area (Å²) in [6.07, 6.45) is 1.63. The highest BCUT2D eigenvalue weighted by Gasteiger charge is 2.05. The number of aromatic hydroxyl groups is 1. The monoisotopic (exact) mass is 279 g/mol. The number of fused-ring (bicyclic) bond motifs is 1. The number of hydrogen-bond donors (Lipinski definition) is 1. The van der Waals surface area contributed by atoms with Gasteiger partial charge in [-0.3, -0.25) is 4.98 Å². The van der Waals surface area contributed by atoms with Crippen LogP contribution in [0.5, 0.6) is 11.5 Å². The van der Waals surface area contributed by atoms with Crippen LogP contribution in [0.3, 0.4) is 0 Å². The van der Waals surface area contributed by atoms with Crippen LogP contribution in [-0.4, -0.2) is 17.2 Å². The Morgan fingerprint density at radius 1 is 1.05 bits per heavy atom. The van der Waals surface area contributed by atoms with E-state index in [1.807, 2.05) is 24.3 Å². The molecule has 5 nitrogen and oxygen atoms in total. The molecule has 0 fully saturated rings. The van der Waals surface area contributed by atoms with Crippen molar-refractivity contribution in [1.82, 2.24) is 4.98 Å². The summed E-state index contributed by atoms with van der Waals surface area (Å²) < 4.78 is 5.15. The topological polar surface area (TPSA) is 67.1 Å². The van der Waals surface area contributed by atoms with Crippen molar-refractivity contribution in [2.24, 2.45) is 10.2 Å². The summed E-state index contributed by atoms with van der Waals surface area (Å²) in [5.74, 6) is 0.856. The van der Waals surface area contributed by atoms with Crippen molar-refractivity contribution in [3.05, 3.63) is 54.7 Å². The normalized spacial score (nSPS) is 11.1. The molecule has 0 aliphatic rings. The van der Waals surface area contributed by atoms with Crippen molar-refractivity contribution < 1.29 is 9.84 Å². The Bertz CT molecular complexity index is 815. The number of hydrogen-bond acceptors (Lipinski definition) is 5. The summed E-state index contributed by atoms with van der Waals surface area (Å²) in [7, 11) is 1.61. The van der Waals surface area contributed by atoms with Crippen molar-refractivity contribution in [3.63, 3.8) is 0 Å². The Labute approximate surface area is 121 Å². The maximum atomic E-state index is 9.80. The smallest absolute Gasteiger partial charge is 0.141 e. The molecule has 0 saturated heterocycles. The van der Waals surface area contributed by atoms with Crippen LogP contribution >= 0.6 is 0 Å². The molecule has 2 aromatic carbocycles. The molecule has 0 atom stereocenters. The molecule has 5 heteroatoms. The molecule has 1 aromatic heterocycles. The number of ether oxygens (including phenoxy) is 1. The van der Waals surface area contributed by atoms with Gasteiger partial charge in [0, 0.05) is 17.6 Å². The molecule has 104 valence electrons. The van der Waals surface area contributed by atoms with E-state index < -0.39 is 0 Å². The molecule has 0 aliphatic carbocycles. The molecule has 0 spiro atoms. The molecular formula is C16H13N3O2. The lowest BCUT2D eigenvalue weighted by Gasteiger charge is -2.02. The zero-order valence-corrected chi connectivity index (χ0v) is 11.4. The third kappa shape index (κ3) is 2.67. The molecule has 3 rings (SSSR count). The van der Waals surface area contributed by atoms with Gasteiger partial charge in [0.05, 0.1) is 18.5 Å². The van der Waals surface area contributed by atoms with Gasteiger partial charge in [0.15, 0.2) is 0 Å². The van der Waals surface area contributed by atoms with E-state index in [-0.39, 0.29) is 5.75 Å². The third-order valence-corrected chi connectivity index (χ3v) is 3.05. The number of pyridine rings is 1. The van der Waals surface area contributed by atoms with E-state index >= 15 is 0 Å². The molecule has 1 heterocycles. The van der Waals surface area contributed by atoms with Gasteiger partial charge in [-0.25, -0.2) is 0 Å². The van der Waals surface area contributed by atoms with Crippen molar-refractivity contribution in [2.75, 3.05) is 7.11 Å². The van der Waals surface area contributed by atoms with E-state index in [1.165, 1.54) is 0 Å². The highest BCUT2D eigenvalue weighted by molar-refractivity contribution is 5.93. The molecular weight excluding hydrogens is 266 g/mol. The van der Waals surface area contributed by atoms with Crippen molar-refractivity contribution in [1.29, 1.82) is 0 Å². The summed E-state index contributed by atoms with van der Waals surface area (Å²) in [5.41, 5.74) is 1.86. The van der Waals surface area contributed by atoms with Gasteiger partial charge in [-0.2, -0.15) is 5.11 Å². The Morgan fingerprint density at radius 3 is 2.81 bits per heavy atom. The number of benzene rings is 2. The first-order chi connectivity index (χ1) is 10.3. The minimum atomic E-state index is 0.130. The number of aromatic nitrogens is 1. The highest BCUT2D eigenvalue weighted by Crippen LogP contribution is 2.32. The average molecular weight is 279 g/mol. The number of rotatable bonds is 3. The van der Waals surface area contributed by atoms with Gasteiger partial charge in [-0.15, -0.1) is 5.11 Å². The second-order valence-electron chi connectivity index (χ2n) is 4.40. The van der Waals surface area contributed by atoms with E-state index in [1.54, 1.807) is 37.6 Å². The lowest BCUT2D eigenvalue weighted by molar-refractivity contribution is 0.415. The summed E-state index contributed by atoms with van der Waals surface area (Å²) in [5, 5.41) is 19.0. The number of phenols is 1. The average Bonchev–Trinajstić information content (AvgIpc) is 2.55. The van der Waals surface area contributed by atoms with Crippen LogP contribution in [-0.2, 0) is 0 Å². The van der Waals surface area contributed by atoms with Gasteiger partial charge < -0.3 is 9.84 Å². The van der Waals surface area contributed by atoms with E-state index in [9.17, 15) is 5.11 Å². The lowest BCUT2D eigenvalue weighted by Crippen LogP contribution is -1.80.